The smallest absolute Gasteiger partial charge is 0.332 e. The lowest BCUT2D eigenvalue weighted by Crippen LogP contribution is -2.41. The van der Waals surface area contributed by atoms with Crippen molar-refractivity contribution in [3.05, 3.63) is 0 Å². The van der Waals surface area contributed by atoms with Crippen molar-refractivity contribution in [2.75, 3.05) is 0 Å². The SMILES string of the molecule is O=C(O)CCC(=O)N[C@@H](CCCC(O)C(=O)O)C(=O)O. The van der Waals surface area contributed by atoms with Crippen molar-refractivity contribution in [2.24, 2.45) is 0 Å². The summed E-state index contributed by atoms with van der Waals surface area (Å²) < 4.78 is 0. The minimum Gasteiger partial charge on any atom is -0.481 e. The molecule has 20 heavy (non-hydrogen) atoms. The van der Waals surface area contributed by atoms with Crippen molar-refractivity contribution >= 4 is 23.8 Å². The molecule has 0 aromatic heterocycles. The molecule has 0 aliphatic carbocycles. The topological polar surface area (TPSA) is 161 Å². The molecular formula is C11H17NO8. The Labute approximate surface area is 114 Å². The Morgan fingerprint density at radius 3 is 1.95 bits per heavy atom. The average Bonchev–Trinajstić information content (AvgIpc) is 2.34. The first kappa shape index (κ1) is 17.8. The van der Waals surface area contributed by atoms with E-state index in [2.05, 4.69) is 5.32 Å². The molecule has 0 fully saturated rings. The van der Waals surface area contributed by atoms with E-state index in [1.807, 2.05) is 0 Å². The van der Waals surface area contributed by atoms with Crippen molar-refractivity contribution in [1.29, 1.82) is 0 Å². The molecule has 0 radical (unpaired) electrons. The van der Waals surface area contributed by atoms with E-state index in [1.54, 1.807) is 0 Å². The van der Waals surface area contributed by atoms with Gasteiger partial charge in [0, 0.05) is 6.42 Å². The third-order valence-electron chi connectivity index (χ3n) is 2.45. The second-order valence-electron chi connectivity index (χ2n) is 4.14. The molecule has 0 saturated heterocycles. The molecule has 1 unspecified atom stereocenters. The van der Waals surface area contributed by atoms with E-state index in [1.165, 1.54) is 0 Å². The summed E-state index contributed by atoms with van der Waals surface area (Å²) in [5.41, 5.74) is 0. The molecule has 2 atom stereocenters. The molecule has 1 amide bonds. The molecule has 0 saturated carbocycles. The Hall–Kier alpha value is -2.16. The van der Waals surface area contributed by atoms with Crippen LogP contribution in [0.4, 0.5) is 0 Å². The molecule has 0 heterocycles. The zero-order valence-corrected chi connectivity index (χ0v) is 10.6. The summed E-state index contributed by atoms with van der Waals surface area (Å²) in [6.07, 6.45) is -2.42. The van der Waals surface area contributed by atoms with Crippen molar-refractivity contribution in [3.63, 3.8) is 0 Å². The second kappa shape index (κ2) is 8.86. The van der Waals surface area contributed by atoms with Crippen LogP contribution in [0.3, 0.4) is 0 Å². The van der Waals surface area contributed by atoms with Crippen LogP contribution in [0.2, 0.25) is 0 Å². The summed E-state index contributed by atoms with van der Waals surface area (Å²) in [6, 6.07) is -1.24. The van der Waals surface area contributed by atoms with Gasteiger partial charge in [-0.1, -0.05) is 0 Å². The predicted molar refractivity (Wildman–Crippen MR) is 63.9 cm³/mol. The average molecular weight is 291 g/mol. The molecule has 9 nitrogen and oxygen atoms in total. The number of carbonyl (C=O) groups is 4. The quantitative estimate of drug-likeness (QED) is 0.343. The van der Waals surface area contributed by atoms with Crippen LogP contribution in [0.25, 0.3) is 0 Å². The molecule has 0 spiro atoms. The highest BCUT2D eigenvalue weighted by molar-refractivity contribution is 5.85. The van der Waals surface area contributed by atoms with Gasteiger partial charge in [0.25, 0.3) is 0 Å². The summed E-state index contributed by atoms with van der Waals surface area (Å²) >= 11 is 0. The lowest BCUT2D eigenvalue weighted by molar-refractivity contribution is -0.147. The monoisotopic (exact) mass is 291 g/mol. The van der Waals surface area contributed by atoms with Crippen molar-refractivity contribution in [2.45, 2.75) is 44.2 Å². The molecular weight excluding hydrogens is 274 g/mol. The highest BCUT2D eigenvalue weighted by Crippen LogP contribution is 2.06. The predicted octanol–water partition coefficient (Wildman–Crippen LogP) is -0.964. The van der Waals surface area contributed by atoms with E-state index in [4.69, 9.17) is 20.4 Å². The molecule has 0 rings (SSSR count). The van der Waals surface area contributed by atoms with E-state index in [-0.39, 0.29) is 25.7 Å². The van der Waals surface area contributed by atoms with E-state index in [0.717, 1.165) is 0 Å². The third-order valence-corrected chi connectivity index (χ3v) is 2.45. The molecule has 0 aliphatic rings. The number of hydrogen-bond donors (Lipinski definition) is 5. The minimum atomic E-state index is -1.58. The summed E-state index contributed by atoms with van der Waals surface area (Å²) in [6.45, 7) is 0. The molecule has 0 aliphatic heterocycles. The number of carboxylic acid groups (broad SMARTS) is 3. The second-order valence-corrected chi connectivity index (χ2v) is 4.14. The fourth-order valence-electron chi connectivity index (χ4n) is 1.38. The number of hydrogen-bond acceptors (Lipinski definition) is 5. The maximum Gasteiger partial charge on any atom is 0.332 e. The first-order chi connectivity index (χ1) is 9.23. The van der Waals surface area contributed by atoms with Crippen LogP contribution in [0.15, 0.2) is 0 Å². The number of aliphatic carboxylic acids is 3. The van der Waals surface area contributed by atoms with Gasteiger partial charge < -0.3 is 25.7 Å². The Kier molecular flexibility index (Phi) is 7.90. The number of aliphatic hydroxyl groups excluding tert-OH is 1. The van der Waals surface area contributed by atoms with Gasteiger partial charge in [-0.05, 0) is 19.3 Å². The summed E-state index contributed by atoms with van der Waals surface area (Å²) in [5.74, 6) is -4.59. The minimum absolute atomic E-state index is 0.0571. The van der Waals surface area contributed by atoms with E-state index in [9.17, 15) is 19.2 Å². The van der Waals surface area contributed by atoms with E-state index in [0.29, 0.717) is 0 Å². The number of rotatable bonds is 10. The van der Waals surface area contributed by atoms with Crippen molar-refractivity contribution in [1.82, 2.24) is 5.32 Å². The zero-order chi connectivity index (χ0) is 15.7. The van der Waals surface area contributed by atoms with Crippen molar-refractivity contribution in [3.8, 4) is 0 Å². The lowest BCUT2D eigenvalue weighted by Gasteiger charge is -2.14. The number of amides is 1. The van der Waals surface area contributed by atoms with Crippen LogP contribution in [0.5, 0.6) is 0 Å². The van der Waals surface area contributed by atoms with E-state index >= 15 is 0 Å². The highest BCUT2D eigenvalue weighted by atomic mass is 16.4. The standard InChI is InChI=1S/C11H17NO8/c13-7(11(19)20)3-1-2-6(10(17)18)12-8(14)4-5-9(15)16/h6-7,13H,1-5H2,(H,12,14)(H,15,16)(H,17,18)(H,19,20)/t6-,7?/m0/s1. The van der Waals surface area contributed by atoms with Crippen LogP contribution in [-0.2, 0) is 19.2 Å². The molecule has 0 aromatic rings. The van der Waals surface area contributed by atoms with Gasteiger partial charge in [0.05, 0.1) is 6.42 Å². The summed E-state index contributed by atoms with van der Waals surface area (Å²) in [4.78, 5) is 42.8. The van der Waals surface area contributed by atoms with Crippen LogP contribution in [0.1, 0.15) is 32.1 Å². The number of carbonyl (C=O) groups excluding carboxylic acids is 1. The van der Waals surface area contributed by atoms with Crippen LogP contribution in [-0.4, -0.2) is 56.4 Å². The van der Waals surface area contributed by atoms with Crippen molar-refractivity contribution < 1.29 is 39.6 Å². The van der Waals surface area contributed by atoms with Gasteiger partial charge in [0.2, 0.25) is 5.91 Å². The highest BCUT2D eigenvalue weighted by Gasteiger charge is 2.21. The Balaban J connectivity index is 4.17. The molecule has 9 heteroatoms. The first-order valence-corrected chi connectivity index (χ1v) is 5.89. The van der Waals surface area contributed by atoms with Gasteiger partial charge in [-0.15, -0.1) is 0 Å². The van der Waals surface area contributed by atoms with Crippen LogP contribution < -0.4 is 5.32 Å². The fourth-order valence-corrected chi connectivity index (χ4v) is 1.38. The maximum atomic E-state index is 11.3. The fraction of sp³-hybridized carbons (Fsp3) is 0.636. The number of nitrogens with one attached hydrogen (secondary N) is 1. The normalized spacial score (nSPS) is 13.2. The molecule has 0 bridgehead atoms. The first-order valence-electron chi connectivity index (χ1n) is 5.89. The zero-order valence-electron chi connectivity index (χ0n) is 10.6. The largest absolute Gasteiger partial charge is 0.481 e. The Bertz CT molecular complexity index is 381. The summed E-state index contributed by atoms with van der Waals surface area (Å²) in [5, 5.41) is 36.8. The Morgan fingerprint density at radius 1 is 0.900 bits per heavy atom. The lowest BCUT2D eigenvalue weighted by atomic mass is 10.1. The van der Waals surface area contributed by atoms with Gasteiger partial charge in [0.15, 0.2) is 6.10 Å². The van der Waals surface area contributed by atoms with E-state index < -0.39 is 42.4 Å². The molecule has 5 N–H and O–H groups in total. The Morgan fingerprint density at radius 2 is 1.50 bits per heavy atom. The molecule has 114 valence electrons. The van der Waals surface area contributed by atoms with Gasteiger partial charge in [-0.25, -0.2) is 9.59 Å². The number of carboxylic acids is 3. The van der Waals surface area contributed by atoms with Crippen LogP contribution in [0, 0.1) is 0 Å². The van der Waals surface area contributed by atoms with Gasteiger partial charge >= 0.3 is 17.9 Å². The van der Waals surface area contributed by atoms with Gasteiger partial charge in [-0.2, -0.15) is 0 Å². The third kappa shape index (κ3) is 8.03. The van der Waals surface area contributed by atoms with Gasteiger partial charge in [0.1, 0.15) is 6.04 Å². The maximum absolute atomic E-state index is 11.3. The summed E-state index contributed by atoms with van der Waals surface area (Å²) in [7, 11) is 0. The molecule has 0 aromatic carbocycles. The van der Waals surface area contributed by atoms with Gasteiger partial charge in [-0.3, -0.25) is 9.59 Å². The van der Waals surface area contributed by atoms with Crippen LogP contribution >= 0.6 is 0 Å². The number of aliphatic hydroxyl groups is 1.